The summed E-state index contributed by atoms with van der Waals surface area (Å²) in [5.74, 6) is -1.39. The maximum absolute atomic E-state index is 13.5. The van der Waals surface area contributed by atoms with E-state index in [-0.39, 0.29) is 24.6 Å². The van der Waals surface area contributed by atoms with Gasteiger partial charge in [-0.05, 0) is 41.3 Å². The van der Waals surface area contributed by atoms with Crippen LogP contribution >= 0.6 is 11.8 Å². The van der Waals surface area contributed by atoms with E-state index < -0.39 is 46.3 Å². The van der Waals surface area contributed by atoms with Crippen molar-refractivity contribution in [2.45, 2.75) is 37.6 Å². The first kappa shape index (κ1) is 30.3. The monoisotopic (exact) mass is 616 g/mol. The number of nitrogens with one attached hydrogen (secondary N) is 2. The van der Waals surface area contributed by atoms with Crippen molar-refractivity contribution in [1.82, 2.24) is 15.5 Å². The quantitative estimate of drug-likeness (QED) is 0.149. The van der Waals surface area contributed by atoms with E-state index in [0.717, 1.165) is 5.56 Å². The number of nitro benzene ring substituents is 1. The molecule has 2 aliphatic rings. The third-order valence-corrected chi connectivity index (χ3v) is 8.46. The molecule has 1 saturated heterocycles. The molecule has 226 valence electrons. The Morgan fingerprint density at radius 2 is 1.57 bits per heavy atom. The van der Waals surface area contributed by atoms with Gasteiger partial charge in [0.25, 0.3) is 11.6 Å². The van der Waals surface area contributed by atoms with Gasteiger partial charge in [-0.2, -0.15) is 0 Å². The van der Waals surface area contributed by atoms with Crippen LogP contribution in [0.25, 0.3) is 0 Å². The number of carbonyl (C=O) groups is 4. The summed E-state index contributed by atoms with van der Waals surface area (Å²) in [6.07, 6.45) is -0.803. The number of benzene rings is 3. The molecule has 0 saturated carbocycles. The van der Waals surface area contributed by atoms with Crippen LogP contribution in [-0.4, -0.2) is 50.9 Å². The maximum atomic E-state index is 13.5. The summed E-state index contributed by atoms with van der Waals surface area (Å²) in [5.41, 5.74) is 2.48. The predicted molar refractivity (Wildman–Crippen MR) is 160 cm³/mol. The first-order chi connectivity index (χ1) is 21.2. The van der Waals surface area contributed by atoms with Gasteiger partial charge in [0.15, 0.2) is 0 Å². The molecule has 2 heterocycles. The van der Waals surface area contributed by atoms with Gasteiger partial charge in [-0.3, -0.25) is 24.6 Å². The van der Waals surface area contributed by atoms with Crippen LogP contribution in [0.4, 0.5) is 10.5 Å². The molecule has 5 rings (SSSR count). The second-order valence-electron chi connectivity index (χ2n) is 10.1. The Hall–Kier alpha value is -5.17. The number of alkyl carbamates (subject to hydrolysis) is 1. The third-order valence-electron chi connectivity index (χ3n) is 7.04. The lowest BCUT2D eigenvalue weighted by Crippen LogP contribution is -2.71. The molecule has 1 unspecified atom stereocenters. The van der Waals surface area contributed by atoms with E-state index in [4.69, 9.17) is 9.47 Å². The molecule has 0 bridgehead atoms. The smallest absolute Gasteiger partial charge is 0.408 e. The van der Waals surface area contributed by atoms with Crippen molar-refractivity contribution in [2.24, 2.45) is 0 Å². The highest BCUT2D eigenvalue weighted by molar-refractivity contribution is 8.00. The number of ether oxygens (including phenoxy) is 2. The number of amides is 3. The van der Waals surface area contributed by atoms with Crippen LogP contribution in [0.2, 0.25) is 0 Å². The Balaban J connectivity index is 1.23. The molecule has 44 heavy (non-hydrogen) atoms. The number of nitro groups is 1. The number of esters is 1. The van der Waals surface area contributed by atoms with Gasteiger partial charge in [0, 0.05) is 17.9 Å². The van der Waals surface area contributed by atoms with E-state index in [1.807, 2.05) is 18.2 Å². The first-order valence-corrected chi connectivity index (χ1v) is 14.6. The van der Waals surface area contributed by atoms with Crippen molar-refractivity contribution in [2.75, 3.05) is 5.75 Å². The fourth-order valence-corrected chi connectivity index (χ4v) is 6.05. The van der Waals surface area contributed by atoms with Gasteiger partial charge >= 0.3 is 12.1 Å². The highest BCUT2D eigenvalue weighted by Gasteiger charge is 2.54. The zero-order chi connectivity index (χ0) is 31.2. The Kier molecular flexibility index (Phi) is 9.24. The highest BCUT2D eigenvalue weighted by atomic mass is 32.2. The topological polar surface area (TPSA) is 157 Å². The Morgan fingerprint density at radius 1 is 0.955 bits per heavy atom. The molecule has 0 aliphatic carbocycles. The van der Waals surface area contributed by atoms with Gasteiger partial charge in [0.2, 0.25) is 5.91 Å². The number of non-ortho nitro benzene ring substituents is 1. The zero-order valence-corrected chi connectivity index (χ0v) is 24.3. The number of nitrogens with zero attached hydrogens (tertiary/aromatic N) is 2. The van der Waals surface area contributed by atoms with E-state index in [1.54, 1.807) is 49.4 Å². The minimum absolute atomic E-state index is 0.0132. The van der Waals surface area contributed by atoms with Crippen molar-refractivity contribution in [3.8, 4) is 0 Å². The normalized spacial score (nSPS) is 17.9. The highest BCUT2D eigenvalue weighted by Crippen LogP contribution is 2.40. The van der Waals surface area contributed by atoms with Crippen LogP contribution in [0.1, 0.15) is 29.7 Å². The second kappa shape index (κ2) is 13.4. The molecule has 0 spiro atoms. The third kappa shape index (κ3) is 6.73. The number of carbonyl (C=O) groups excluding carboxylic acids is 4. The van der Waals surface area contributed by atoms with Crippen LogP contribution in [-0.2, 0) is 37.1 Å². The van der Waals surface area contributed by atoms with Crippen LogP contribution in [0.15, 0.2) is 96.2 Å². The first-order valence-electron chi connectivity index (χ1n) is 13.6. The molecule has 3 atom stereocenters. The van der Waals surface area contributed by atoms with Crippen molar-refractivity contribution in [3.63, 3.8) is 0 Å². The van der Waals surface area contributed by atoms with E-state index in [9.17, 15) is 29.3 Å². The van der Waals surface area contributed by atoms with Gasteiger partial charge in [-0.1, -0.05) is 60.7 Å². The Morgan fingerprint density at radius 3 is 2.23 bits per heavy atom. The van der Waals surface area contributed by atoms with Crippen LogP contribution in [0.5, 0.6) is 0 Å². The van der Waals surface area contributed by atoms with Crippen molar-refractivity contribution in [1.29, 1.82) is 0 Å². The minimum atomic E-state index is -1.14. The van der Waals surface area contributed by atoms with Crippen molar-refractivity contribution in [3.05, 3.63) is 123 Å². The summed E-state index contributed by atoms with van der Waals surface area (Å²) in [4.78, 5) is 64.1. The molecule has 3 amide bonds. The van der Waals surface area contributed by atoms with Gasteiger partial charge in [-0.15, -0.1) is 11.8 Å². The van der Waals surface area contributed by atoms with Crippen LogP contribution in [0, 0.1) is 10.1 Å². The summed E-state index contributed by atoms with van der Waals surface area (Å²) in [6.45, 7) is 1.60. The van der Waals surface area contributed by atoms with E-state index in [2.05, 4.69) is 10.6 Å². The van der Waals surface area contributed by atoms with Crippen molar-refractivity contribution >= 4 is 41.3 Å². The van der Waals surface area contributed by atoms with Crippen LogP contribution < -0.4 is 10.6 Å². The SMILES string of the molecule is CC1=C(C(=O)OCc2ccc([N+](=O)[O-])cc2)N2C(=O)C(NC(=O)[C@@H](NC(=O)OCc3ccccc3)c3ccccc3)[C@@H]2SC1. The summed E-state index contributed by atoms with van der Waals surface area (Å²) < 4.78 is 10.7. The molecule has 12 nitrogen and oxygen atoms in total. The molecule has 2 aliphatic heterocycles. The van der Waals surface area contributed by atoms with E-state index in [1.165, 1.54) is 40.9 Å². The number of rotatable bonds is 10. The fraction of sp³-hybridized carbons (Fsp3) is 0.226. The van der Waals surface area contributed by atoms with Gasteiger partial charge in [-0.25, -0.2) is 9.59 Å². The zero-order valence-electron chi connectivity index (χ0n) is 23.5. The predicted octanol–water partition coefficient (Wildman–Crippen LogP) is 3.98. The minimum Gasteiger partial charge on any atom is -0.456 e. The molecular formula is C31H28N4O8S. The number of hydrogen-bond acceptors (Lipinski definition) is 9. The lowest BCUT2D eigenvalue weighted by Gasteiger charge is -2.49. The lowest BCUT2D eigenvalue weighted by atomic mass is 10.0. The lowest BCUT2D eigenvalue weighted by molar-refractivity contribution is -0.384. The number of thioether (sulfide) groups is 1. The Labute approximate surface area is 256 Å². The fourth-order valence-electron chi connectivity index (χ4n) is 4.76. The molecule has 13 heteroatoms. The number of fused-ring (bicyclic) bond motifs is 1. The second-order valence-corrected chi connectivity index (χ2v) is 11.2. The summed E-state index contributed by atoms with van der Waals surface area (Å²) in [7, 11) is 0. The average molecular weight is 617 g/mol. The summed E-state index contributed by atoms with van der Waals surface area (Å²) in [5, 5.41) is 15.7. The standard InChI is InChI=1S/C31H28N4O8S/c1-19-18-44-29-25(28(37)34(29)26(19)30(38)42-16-21-12-14-23(15-13-21)35(40)41)32-27(36)24(22-10-6-3-7-11-22)33-31(39)43-17-20-8-4-2-5-9-20/h2-15,24-25,29H,16-18H2,1H3,(H,32,36)(H,33,39)/t24-,25?,29-/m0/s1. The summed E-state index contributed by atoms with van der Waals surface area (Å²) in [6, 6.07) is 21.2. The van der Waals surface area contributed by atoms with Gasteiger partial charge < -0.3 is 20.1 Å². The molecule has 2 N–H and O–H groups in total. The molecular weight excluding hydrogens is 588 g/mol. The molecule has 0 radical (unpaired) electrons. The van der Waals surface area contributed by atoms with E-state index >= 15 is 0 Å². The molecule has 0 aromatic heterocycles. The average Bonchev–Trinajstić information content (AvgIpc) is 3.04. The molecule has 1 fully saturated rings. The van der Waals surface area contributed by atoms with Crippen molar-refractivity contribution < 1.29 is 33.6 Å². The summed E-state index contributed by atoms with van der Waals surface area (Å²) >= 11 is 1.39. The molecule has 3 aromatic rings. The van der Waals surface area contributed by atoms with Crippen LogP contribution in [0.3, 0.4) is 0 Å². The Bertz CT molecular complexity index is 1600. The van der Waals surface area contributed by atoms with E-state index in [0.29, 0.717) is 22.5 Å². The van der Waals surface area contributed by atoms with Gasteiger partial charge in [0.1, 0.15) is 36.4 Å². The number of β-lactam (4-membered cyclic amide) rings is 1. The largest absolute Gasteiger partial charge is 0.456 e. The number of hydrogen-bond donors (Lipinski definition) is 2. The maximum Gasteiger partial charge on any atom is 0.408 e. The van der Waals surface area contributed by atoms with Gasteiger partial charge in [0.05, 0.1) is 4.92 Å². The molecule has 3 aromatic carbocycles.